The highest BCUT2D eigenvalue weighted by Crippen LogP contribution is 2.24. The number of esters is 1. The number of ether oxygens (including phenoxy) is 1. The molecule has 0 aromatic rings. The van der Waals surface area contributed by atoms with Crippen LogP contribution in [0.3, 0.4) is 0 Å². The molecule has 1 fully saturated rings. The number of amides is 1. The van der Waals surface area contributed by atoms with E-state index < -0.39 is 5.60 Å². The maximum Gasteiger partial charge on any atom is 0.323 e. The standard InChI is InChI=1S/C14H26N2O3/c1-9(13(18)19-14(2,3)4)16-11-7-5-10(6-8-11)12(15)17/h9-11,16H,5-8H2,1-4H3,(H2,15,17). The van der Waals surface area contributed by atoms with Crippen LogP contribution in [0.25, 0.3) is 0 Å². The van der Waals surface area contributed by atoms with Gasteiger partial charge < -0.3 is 15.8 Å². The lowest BCUT2D eigenvalue weighted by molar-refractivity contribution is -0.157. The van der Waals surface area contributed by atoms with Gasteiger partial charge in [-0.1, -0.05) is 0 Å². The van der Waals surface area contributed by atoms with Gasteiger partial charge in [-0.2, -0.15) is 0 Å². The van der Waals surface area contributed by atoms with Crippen molar-refractivity contribution < 1.29 is 14.3 Å². The molecule has 1 saturated carbocycles. The molecule has 1 unspecified atom stereocenters. The predicted octanol–water partition coefficient (Wildman–Crippen LogP) is 1.35. The lowest BCUT2D eigenvalue weighted by Gasteiger charge is -2.30. The van der Waals surface area contributed by atoms with Crippen LogP contribution in [0, 0.1) is 5.92 Å². The van der Waals surface area contributed by atoms with E-state index in [1.54, 1.807) is 0 Å². The van der Waals surface area contributed by atoms with E-state index in [1.165, 1.54) is 0 Å². The maximum absolute atomic E-state index is 11.8. The number of carbonyl (C=O) groups excluding carboxylic acids is 2. The van der Waals surface area contributed by atoms with Gasteiger partial charge in [0.25, 0.3) is 0 Å². The summed E-state index contributed by atoms with van der Waals surface area (Å²) in [5, 5.41) is 3.27. The van der Waals surface area contributed by atoms with Crippen molar-refractivity contribution in [3.63, 3.8) is 0 Å². The van der Waals surface area contributed by atoms with Crippen molar-refractivity contribution in [1.82, 2.24) is 5.32 Å². The fourth-order valence-electron chi connectivity index (χ4n) is 2.36. The van der Waals surface area contributed by atoms with Crippen LogP contribution >= 0.6 is 0 Å². The third kappa shape index (κ3) is 5.59. The first kappa shape index (κ1) is 16.0. The van der Waals surface area contributed by atoms with Crippen molar-refractivity contribution in [1.29, 1.82) is 0 Å². The molecule has 0 aliphatic heterocycles. The molecule has 110 valence electrons. The number of hydrogen-bond acceptors (Lipinski definition) is 4. The number of nitrogens with one attached hydrogen (secondary N) is 1. The molecule has 1 aliphatic carbocycles. The van der Waals surface area contributed by atoms with E-state index in [0.29, 0.717) is 0 Å². The second-order valence-electron chi connectivity index (χ2n) is 6.37. The molecule has 0 aromatic carbocycles. The lowest BCUT2D eigenvalue weighted by Crippen LogP contribution is -2.46. The van der Waals surface area contributed by atoms with Crippen molar-refractivity contribution in [3.8, 4) is 0 Å². The van der Waals surface area contributed by atoms with Gasteiger partial charge in [-0.25, -0.2) is 0 Å². The number of hydrogen-bond donors (Lipinski definition) is 2. The third-order valence-electron chi connectivity index (χ3n) is 3.38. The van der Waals surface area contributed by atoms with Crippen molar-refractivity contribution >= 4 is 11.9 Å². The molecule has 3 N–H and O–H groups in total. The Morgan fingerprint density at radius 1 is 1.21 bits per heavy atom. The Hall–Kier alpha value is -1.10. The summed E-state index contributed by atoms with van der Waals surface area (Å²) in [6.45, 7) is 7.38. The average molecular weight is 270 g/mol. The van der Waals surface area contributed by atoms with E-state index in [9.17, 15) is 9.59 Å². The summed E-state index contributed by atoms with van der Waals surface area (Å²) in [5.41, 5.74) is 4.84. The van der Waals surface area contributed by atoms with E-state index in [0.717, 1.165) is 25.7 Å². The lowest BCUT2D eigenvalue weighted by atomic mass is 9.85. The summed E-state index contributed by atoms with van der Waals surface area (Å²) in [4.78, 5) is 22.9. The number of rotatable bonds is 4. The molecule has 5 nitrogen and oxygen atoms in total. The normalized spacial score (nSPS) is 25.7. The minimum atomic E-state index is -0.462. The van der Waals surface area contributed by atoms with Crippen LogP contribution in [0.2, 0.25) is 0 Å². The van der Waals surface area contributed by atoms with Crippen LogP contribution in [0.1, 0.15) is 53.4 Å². The first-order valence-corrected chi connectivity index (χ1v) is 6.97. The Kier molecular flexibility index (Phi) is 5.35. The van der Waals surface area contributed by atoms with E-state index in [1.807, 2.05) is 27.7 Å². The predicted molar refractivity (Wildman–Crippen MR) is 73.4 cm³/mol. The molecular formula is C14H26N2O3. The van der Waals surface area contributed by atoms with Gasteiger partial charge in [0.2, 0.25) is 5.91 Å². The molecule has 1 amide bonds. The van der Waals surface area contributed by atoms with Crippen molar-refractivity contribution in [2.45, 2.75) is 71.1 Å². The summed E-state index contributed by atoms with van der Waals surface area (Å²) in [5.74, 6) is -0.446. The average Bonchev–Trinajstić information content (AvgIpc) is 2.27. The van der Waals surface area contributed by atoms with Crippen LogP contribution in [-0.4, -0.2) is 29.6 Å². The molecule has 5 heteroatoms. The highest BCUT2D eigenvalue weighted by atomic mass is 16.6. The largest absolute Gasteiger partial charge is 0.459 e. The Balaban J connectivity index is 2.36. The SMILES string of the molecule is CC(NC1CCC(C(N)=O)CC1)C(=O)OC(C)(C)C. The summed E-state index contributed by atoms with van der Waals surface area (Å²) < 4.78 is 5.32. The molecule has 1 atom stereocenters. The molecule has 19 heavy (non-hydrogen) atoms. The molecule has 0 heterocycles. The zero-order chi connectivity index (χ0) is 14.6. The first-order valence-electron chi connectivity index (χ1n) is 6.97. The minimum absolute atomic E-state index is 0.00474. The van der Waals surface area contributed by atoms with Crippen LogP contribution in [0.15, 0.2) is 0 Å². The summed E-state index contributed by atoms with van der Waals surface area (Å²) >= 11 is 0. The van der Waals surface area contributed by atoms with Gasteiger partial charge in [0.1, 0.15) is 11.6 Å². The fraction of sp³-hybridized carbons (Fsp3) is 0.857. The molecule has 1 rings (SSSR count). The zero-order valence-electron chi connectivity index (χ0n) is 12.4. The Bertz CT molecular complexity index is 328. The third-order valence-corrected chi connectivity index (χ3v) is 3.38. The Morgan fingerprint density at radius 3 is 2.16 bits per heavy atom. The second kappa shape index (κ2) is 6.37. The van der Waals surface area contributed by atoms with Gasteiger partial charge in [0, 0.05) is 12.0 Å². The Morgan fingerprint density at radius 2 is 1.74 bits per heavy atom. The minimum Gasteiger partial charge on any atom is -0.459 e. The molecule has 0 spiro atoms. The molecular weight excluding hydrogens is 244 g/mol. The number of primary amides is 1. The number of carbonyl (C=O) groups is 2. The van der Waals surface area contributed by atoms with Crippen molar-refractivity contribution in [2.24, 2.45) is 11.7 Å². The van der Waals surface area contributed by atoms with Crippen molar-refractivity contribution in [2.75, 3.05) is 0 Å². The summed E-state index contributed by atoms with van der Waals surface area (Å²) in [6.07, 6.45) is 3.35. The maximum atomic E-state index is 11.8. The molecule has 0 aromatic heterocycles. The van der Waals surface area contributed by atoms with E-state index in [4.69, 9.17) is 10.5 Å². The number of nitrogens with two attached hydrogens (primary N) is 1. The molecule has 1 aliphatic rings. The fourth-order valence-corrected chi connectivity index (χ4v) is 2.36. The second-order valence-corrected chi connectivity index (χ2v) is 6.37. The quantitative estimate of drug-likeness (QED) is 0.756. The highest BCUT2D eigenvalue weighted by molar-refractivity contribution is 5.77. The Labute approximate surface area is 115 Å². The van der Waals surface area contributed by atoms with E-state index in [-0.39, 0.29) is 29.9 Å². The monoisotopic (exact) mass is 270 g/mol. The zero-order valence-corrected chi connectivity index (χ0v) is 12.4. The topological polar surface area (TPSA) is 81.4 Å². The highest BCUT2D eigenvalue weighted by Gasteiger charge is 2.28. The summed E-state index contributed by atoms with van der Waals surface area (Å²) in [6, 6.07) is -0.0625. The van der Waals surface area contributed by atoms with Crippen LogP contribution in [0.4, 0.5) is 0 Å². The van der Waals surface area contributed by atoms with E-state index in [2.05, 4.69) is 5.32 Å². The van der Waals surface area contributed by atoms with Crippen LogP contribution in [0.5, 0.6) is 0 Å². The molecule has 0 radical (unpaired) electrons. The first-order chi connectivity index (χ1) is 8.69. The summed E-state index contributed by atoms with van der Waals surface area (Å²) in [7, 11) is 0. The van der Waals surface area contributed by atoms with Crippen LogP contribution < -0.4 is 11.1 Å². The van der Waals surface area contributed by atoms with Gasteiger partial charge in [0.05, 0.1) is 0 Å². The molecule has 0 saturated heterocycles. The van der Waals surface area contributed by atoms with Gasteiger partial charge in [0.15, 0.2) is 0 Å². The smallest absolute Gasteiger partial charge is 0.323 e. The van der Waals surface area contributed by atoms with Gasteiger partial charge in [-0.05, 0) is 53.4 Å². The van der Waals surface area contributed by atoms with Crippen molar-refractivity contribution in [3.05, 3.63) is 0 Å². The van der Waals surface area contributed by atoms with E-state index >= 15 is 0 Å². The van der Waals surface area contributed by atoms with Gasteiger partial charge in [-0.3, -0.25) is 9.59 Å². The van der Waals surface area contributed by atoms with Crippen LogP contribution in [-0.2, 0) is 14.3 Å². The molecule has 0 bridgehead atoms. The van der Waals surface area contributed by atoms with Gasteiger partial charge in [-0.15, -0.1) is 0 Å². The van der Waals surface area contributed by atoms with Gasteiger partial charge >= 0.3 is 5.97 Å².